The summed E-state index contributed by atoms with van der Waals surface area (Å²) in [4.78, 5) is 27.3. The molecule has 0 saturated carbocycles. The monoisotopic (exact) mass is 230 g/mol. The Balaban J connectivity index is 2.65. The molecule has 1 heterocycles. The predicted octanol–water partition coefficient (Wildman–Crippen LogP) is 1.57. The molecule has 4 nitrogen and oxygen atoms in total. The molecule has 0 aromatic carbocycles. The number of rotatable bonds is 4. The second kappa shape index (κ2) is 6.04. The zero-order valence-electron chi connectivity index (χ0n) is 7.56. The lowest BCUT2D eigenvalue weighted by Crippen LogP contribution is -2.33. The molecule has 1 fully saturated rings. The minimum Gasteiger partial charge on any atom is -0.211 e. The Bertz CT molecular complexity index is 255. The van der Waals surface area contributed by atoms with Crippen LogP contribution >= 0.6 is 21.6 Å². The third kappa shape index (κ3) is 3.31. The molecule has 1 saturated heterocycles. The Hall–Kier alpha value is -0.540. The van der Waals surface area contributed by atoms with E-state index in [1.807, 2.05) is 0 Å². The normalized spacial score (nSPS) is 26.0. The van der Waals surface area contributed by atoms with Gasteiger partial charge in [0, 0.05) is 5.75 Å². The van der Waals surface area contributed by atoms with E-state index in [2.05, 4.69) is 9.98 Å². The lowest BCUT2D eigenvalue weighted by Gasteiger charge is -2.31. The van der Waals surface area contributed by atoms with E-state index in [1.54, 1.807) is 21.6 Å². The first kappa shape index (κ1) is 11.5. The molecular weight excluding hydrogens is 220 g/mol. The number of nitrogens with zero attached hydrogens (tertiary/aromatic N) is 2. The van der Waals surface area contributed by atoms with E-state index in [0.29, 0.717) is 13.1 Å². The van der Waals surface area contributed by atoms with Gasteiger partial charge in [0.05, 0.1) is 17.8 Å². The summed E-state index contributed by atoms with van der Waals surface area (Å²) in [6, 6.07) is 0. The number of aliphatic imine (C=N–C) groups is 2. The van der Waals surface area contributed by atoms with E-state index in [9.17, 15) is 9.59 Å². The lowest BCUT2D eigenvalue weighted by atomic mass is 10.0. The average Bonchev–Trinajstić information content (AvgIpc) is 2.25. The van der Waals surface area contributed by atoms with Gasteiger partial charge in [-0.15, -0.1) is 0 Å². The van der Waals surface area contributed by atoms with Crippen LogP contribution in [-0.4, -0.2) is 35.7 Å². The van der Waals surface area contributed by atoms with Crippen molar-refractivity contribution in [3.05, 3.63) is 0 Å². The van der Waals surface area contributed by atoms with E-state index >= 15 is 0 Å². The van der Waals surface area contributed by atoms with Crippen molar-refractivity contribution >= 4 is 33.7 Å². The quantitative estimate of drug-likeness (QED) is 0.418. The number of hydrogen-bond acceptors (Lipinski definition) is 6. The molecule has 0 bridgehead atoms. The van der Waals surface area contributed by atoms with Crippen molar-refractivity contribution in [1.82, 2.24) is 0 Å². The Morgan fingerprint density at radius 1 is 1.21 bits per heavy atom. The first-order valence-corrected chi connectivity index (χ1v) is 6.53. The van der Waals surface area contributed by atoms with E-state index < -0.39 is 0 Å². The smallest absolute Gasteiger partial charge is 0.211 e. The molecule has 0 N–H and O–H groups in total. The van der Waals surface area contributed by atoms with Crippen LogP contribution < -0.4 is 0 Å². The maximum atomic E-state index is 10.0. The fourth-order valence-electron chi connectivity index (χ4n) is 1.28. The lowest BCUT2D eigenvalue weighted by molar-refractivity contribution is 0.530. The minimum absolute atomic E-state index is 0.197. The van der Waals surface area contributed by atoms with Gasteiger partial charge in [0.1, 0.15) is 0 Å². The van der Waals surface area contributed by atoms with Gasteiger partial charge in [-0.1, -0.05) is 21.6 Å². The van der Waals surface area contributed by atoms with E-state index in [-0.39, 0.29) is 4.75 Å². The summed E-state index contributed by atoms with van der Waals surface area (Å²) in [5.41, 5.74) is 0. The summed E-state index contributed by atoms with van der Waals surface area (Å²) in [7, 11) is 3.40. The SMILES string of the molecule is O=C=NCC1(CN=C=O)CCCSS1. The highest BCUT2D eigenvalue weighted by atomic mass is 33.1. The van der Waals surface area contributed by atoms with Crippen molar-refractivity contribution in [2.45, 2.75) is 17.6 Å². The van der Waals surface area contributed by atoms with Crippen LogP contribution in [0.4, 0.5) is 0 Å². The van der Waals surface area contributed by atoms with Gasteiger partial charge in [-0.2, -0.15) is 0 Å². The molecule has 0 aliphatic carbocycles. The maximum Gasteiger partial charge on any atom is 0.234 e. The molecule has 1 aliphatic heterocycles. The fourth-order valence-corrected chi connectivity index (χ4v) is 4.25. The van der Waals surface area contributed by atoms with Gasteiger partial charge in [0.2, 0.25) is 12.2 Å². The standard InChI is InChI=1S/C8H10N2O2S2/c11-6-9-4-8(5-10-7-12)2-1-3-13-14-8/h1-5H2. The second-order valence-corrected chi connectivity index (χ2v) is 5.89. The highest BCUT2D eigenvalue weighted by molar-refractivity contribution is 8.77. The number of isocyanates is 2. The first-order valence-electron chi connectivity index (χ1n) is 4.21. The molecule has 0 spiro atoms. The first-order chi connectivity index (χ1) is 6.83. The van der Waals surface area contributed by atoms with Gasteiger partial charge in [-0.05, 0) is 12.8 Å². The van der Waals surface area contributed by atoms with Crippen LogP contribution in [0, 0.1) is 0 Å². The molecule has 1 rings (SSSR count). The van der Waals surface area contributed by atoms with Gasteiger partial charge in [0.15, 0.2) is 0 Å². The van der Waals surface area contributed by atoms with Crippen molar-refractivity contribution in [2.24, 2.45) is 9.98 Å². The highest BCUT2D eigenvalue weighted by Crippen LogP contribution is 2.44. The zero-order chi connectivity index (χ0) is 10.3. The molecular formula is C8H10N2O2S2. The molecule has 1 aliphatic rings. The van der Waals surface area contributed by atoms with Gasteiger partial charge >= 0.3 is 0 Å². The highest BCUT2D eigenvalue weighted by Gasteiger charge is 2.33. The molecule has 76 valence electrons. The summed E-state index contributed by atoms with van der Waals surface area (Å²) in [6.45, 7) is 0.776. The maximum absolute atomic E-state index is 10.0. The van der Waals surface area contributed by atoms with E-state index in [4.69, 9.17) is 0 Å². The van der Waals surface area contributed by atoms with Gasteiger partial charge in [0.25, 0.3) is 0 Å². The Kier molecular flexibility index (Phi) is 4.98. The number of carbonyl (C=O) groups excluding carboxylic acids is 2. The van der Waals surface area contributed by atoms with E-state index in [0.717, 1.165) is 18.6 Å². The summed E-state index contributed by atoms with van der Waals surface area (Å²) < 4.78 is -0.197. The molecule has 0 atom stereocenters. The van der Waals surface area contributed by atoms with Crippen molar-refractivity contribution in [2.75, 3.05) is 18.8 Å². The van der Waals surface area contributed by atoms with Crippen LogP contribution in [0.1, 0.15) is 12.8 Å². The van der Waals surface area contributed by atoms with Crippen molar-refractivity contribution in [1.29, 1.82) is 0 Å². The van der Waals surface area contributed by atoms with Crippen LogP contribution in [0.3, 0.4) is 0 Å². The molecule has 0 unspecified atom stereocenters. The van der Waals surface area contributed by atoms with Crippen LogP contribution in [0.2, 0.25) is 0 Å². The molecule has 0 radical (unpaired) electrons. The molecule has 0 amide bonds. The topological polar surface area (TPSA) is 58.9 Å². The summed E-state index contributed by atoms with van der Waals surface area (Å²) in [5, 5.41) is 0. The second-order valence-electron chi connectivity index (χ2n) is 3.01. The van der Waals surface area contributed by atoms with Crippen molar-refractivity contribution in [3.63, 3.8) is 0 Å². The minimum atomic E-state index is -0.197. The molecule has 6 heteroatoms. The largest absolute Gasteiger partial charge is 0.234 e. The van der Waals surface area contributed by atoms with Crippen LogP contribution in [0.25, 0.3) is 0 Å². The summed E-state index contributed by atoms with van der Waals surface area (Å²) in [6.07, 6.45) is 5.06. The summed E-state index contributed by atoms with van der Waals surface area (Å²) >= 11 is 0. The Morgan fingerprint density at radius 2 is 1.86 bits per heavy atom. The van der Waals surface area contributed by atoms with Gasteiger partial charge in [-0.3, -0.25) is 0 Å². The van der Waals surface area contributed by atoms with Crippen LogP contribution in [0.5, 0.6) is 0 Å². The Morgan fingerprint density at radius 3 is 2.29 bits per heavy atom. The summed E-state index contributed by atoms with van der Waals surface area (Å²) in [5.74, 6) is 1.10. The zero-order valence-corrected chi connectivity index (χ0v) is 9.20. The molecule has 0 aromatic rings. The van der Waals surface area contributed by atoms with E-state index in [1.165, 1.54) is 12.2 Å². The predicted molar refractivity (Wildman–Crippen MR) is 58.0 cm³/mol. The third-order valence-corrected chi connectivity index (χ3v) is 5.26. The van der Waals surface area contributed by atoms with Crippen LogP contribution in [-0.2, 0) is 9.59 Å². The average molecular weight is 230 g/mol. The number of hydrogen-bond donors (Lipinski definition) is 0. The third-order valence-electron chi connectivity index (χ3n) is 1.96. The van der Waals surface area contributed by atoms with Crippen LogP contribution in [0.15, 0.2) is 9.98 Å². The fraction of sp³-hybridized carbons (Fsp3) is 0.750. The van der Waals surface area contributed by atoms with Crippen molar-refractivity contribution < 1.29 is 9.59 Å². The molecule has 14 heavy (non-hydrogen) atoms. The Labute approximate surface area is 90.0 Å². The van der Waals surface area contributed by atoms with Gasteiger partial charge < -0.3 is 0 Å². The molecule has 0 aromatic heterocycles. The van der Waals surface area contributed by atoms with Crippen molar-refractivity contribution in [3.8, 4) is 0 Å². The van der Waals surface area contributed by atoms with Gasteiger partial charge in [-0.25, -0.2) is 19.6 Å².